The summed E-state index contributed by atoms with van der Waals surface area (Å²) in [5.41, 5.74) is 64.5. The van der Waals surface area contributed by atoms with Crippen molar-refractivity contribution in [3.8, 4) is 11.1 Å². The molecule has 2 saturated carbocycles. The molecule has 28 unspecified atom stereocenters. The smallest absolute Gasteiger partial charge is 0.254 e. The van der Waals surface area contributed by atoms with Gasteiger partial charge in [-0.2, -0.15) is 0 Å². The Morgan fingerprint density at radius 3 is 1.04 bits per heavy atom. The van der Waals surface area contributed by atoms with E-state index in [1.54, 1.807) is 58.3 Å². The Morgan fingerprint density at radius 2 is 0.711 bits per heavy atom. The van der Waals surface area contributed by atoms with E-state index in [0.717, 1.165) is 0 Å². The minimum atomic E-state index is -1.52. The maximum absolute atomic E-state index is 14.5. The van der Waals surface area contributed by atoms with Gasteiger partial charge in [-0.1, -0.05) is 36.4 Å². The summed E-state index contributed by atoms with van der Waals surface area (Å²) in [4.78, 5) is 36.5. The molecule has 32 heteroatoms. The van der Waals surface area contributed by atoms with Crippen molar-refractivity contribution in [2.24, 2.45) is 57.3 Å². The number of ether oxygens (including phenoxy) is 8. The van der Waals surface area contributed by atoms with Crippen molar-refractivity contribution in [2.45, 2.75) is 197 Å². The summed E-state index contributed by atoms with van der Waals surface area (Å²) in [5, 5.41) is 89.0. The third kappa shape index (κ3) is 14.9. The molecule has 2 aromatic carbocycles. The molecule has 8 aliphatic rings. The van der Waals surface area contributed by atoms with E-state index in [1.807, 2.05) is 9.80 Å². The van der Waals surface area contributed by atoms with Gasteiger partial charge in [0.1, 0.15) is 61.0 Å². The lowest BCUT2D eigenvalue weighted by atomic mass is 9.84. The van der Waals surface area contributed by atoms with Crippen LogP contribution < -0.4 is 57.3 Å². The molecule has 32 nitrogen and oxygen atoms in total. The molecule has 6 aliphatic heterocycles. The Labute approximate surface area is 521 Å². The highest BCUT2D eigenvalue weighted by Crippen LogP contribution is 2.35. The second kappa shape index (κ2) is 29.9. The van der Waals surface area contributed by atoms with Gasteiger partial charge < -0.3 is 146 Å². The van der Waals surface area contributed by atoms with Crippen molar-refractivity contribution in [3.63, 3.8) is 0 Å². The Hall–Kier alpha value is -3.74. The number of piperazine rings is 2. The van der Waals surface area contributed by atoms with Crippen LogP contribution in [0.5, 0.6) is 0 Å². The number of rotatable bonds is 17. The van der Waals surface area contributed by atoms with Gasteiger partial charge in [0.05, 0.1) is 60.8 Å². The number of aliphatic hydroxyl groups is 8. The highest BCUT2D eigenvalue weighted by molar-refractivity contribution is 6.06. The standard InChI is InChI=1S/C58H96N14O18/c59-21-37-35(73)19-33(65)55(83-37)87-49-29(61)17-31(63)51(47(49)79)89-57-45(77)41(67)43(75)39(85-57)23-69-9-13-71(14-10-69)53(81)27-7-3-1-5-25(27)26-6-2-4-8-28(26)54(82)72-15-11-70(12-16-72)24-40-44(76)42(68)46(78)58(86-40)90-52-32(64)18-30(62)50(48(52)80)88-56-34(66)20-36(74)38(22-60)84-56/h1-8,29-52,55-58,73-80H,9-24,59-68H2. The van der Waals surface area contributed by atoms with Gasteiger partial charge in [0, 0.05) is 114 Å². The fourth-order valence-electron chi connectivity index (χ4n) is 13.8. The topological polar surface area (TPSA) is 543 Å². The van der Waals surface area contributed by atoms with Crippen LogP contribution in [0.15, 0.2) is 48.5 Å². The maximum atomic E-state index is 14.5. The summed E-state index contributed by atoms with van der Waals surface area (Å²) in [6.07, 6.45) is -22.8. The number of hydrogen-bond donors (Lipinski definition) is 18. The number of benzene rings is 2. The van der Waals surface area contributed by atoms with Gasteiger partial charge in [-0.3, -0.25) is 19.4 Å². The lowest BCUT2D eigenvalue weighted by molar-refractivity contribution is -0.313. The van der Waals surface area contributed by atoms with Crippen molar-refractivity contribution >= 4 is 11.8 Å². The molecule has 0 radical (unpaired) electrons. The summed E-state index contributed by atoms with van der Waals surface area (Å²) in [6.45, 7) is 2.97. The molecule has 2 amide bonds. The molecular formula is C58H96N14O18. The zero-order chi connectivity index (χ0) is 64.6. The number of carbonyl (C=O) groups excluding carboxylic acids is 2. The minimum Gasteiger partial charge on any atom is -0.390 e. The first-order valence-corrected chi connectivity index (χ1v) is 31.3. The largest absolute Gasteiger partial charge is 0.390 e. The third-order valence-corrected chi connectivity index (χ3v) is 19.3. The Bertz CT molecular complexity index is 2500. The van der Waals surface area contributed by atoms with E-state index >= 15 is 0 Å². The molecule has 6 saturated heterocycles. The van der Waals surface area contributed by atoms with E-state index in [0.29, 0.717) is 74.6 Å². The van der Waals surface area contributed by atoms with Gasteiger partial charge in [-0.25, -0.2) is 0 Å². The molecule has 28 atom stereocenters. The first kappa shape index (κ1) is 69.1. The molecular weight excluding hydrogens is 1180 g/mol. The molecule has 90 heavy (non-hydrogen) atoms. The number of aliphatic hydroxyl groups excluding tert-OH is 8. The molecule has 0 aromatic heterocycles. The van der Waals surface area contributed by atoms with Crippen LogP contribution in [0.25, 0.3) is 11.1 Å². The van der Waals surface area contributed by atoms with Crippen molar-refractivity contribution in [1.29, 1.82) is 0 Å². The van der Waals surface area contributed by atoms with E-state index in [-0.39, 0.29) is 63.7 Å². The van der Waals surface area contributed by atoms with Crippen LogP contribution in [0.3, 0.4) is 0 Å². The van der Waals surface area contributed by atoms with E-state index in [4.69, 9.17) is 95.2 Å². The number of carbonyl (C=O) groups is 2. The number of amides is 2. The number of hydrogen-bond acceptors (Lipinski definition) is 30. The molecule has 506 valence electrons. The zero-order valence-electron chi connectivity index (χ0n) is 50.3. The summed E-state index contributed by atoms with van der Waals surface area (Å²) < 4.78 is 48.7. The molecule has 0 spiro atoms. The fourth-order valence-corrected chi connectivity index (χ4v) is 13.8. The molecule has 10 rings (SSSR count). The Kier molecular flexibility index (Phi) is 23.0. The lowest BCUT2D eigenvalue weighted by Crippen LogP contribution is -2.68. The quantitative estimate of drug-likeness (QED) is 0.0699. The van der Waals surface area contributed by atoms with Gasteiger partial charge in [-0.05, 0) is 48.9 Å². The van der Waals surface area contributed by atoms with Crippen molar-refractivity contribution in [1.82, 2.24) is 19.6 Å². The average Bonchev–Trinajstić information content (AvgIpc) is 0.897. The predicted octanol–water partition coefficient (Wildman–Crippen LogP) is -9.68. The van der Waals surface area contributed by atoms with Crippen LogP contribution in [0.2, 0.25) is 0 Å². The maximum Gasteiger partial charge on any atom is 0.254 e. The van der Waals surface area contributed by atoms with Gasteiger partial charge in [0.2, 0.25) is 0 Å². The fraction of sp³-hybridized carbons (Fsp3) is 0.759. The molecule has 8 fully saturated rings. The first-order chi connectivity index (χ1) is 43.0. The molecule has 2 aliphatic carbocycles. The highest BCUT2D eigenvalue weighted by atomic mass is 16.7. The molecule has 28 N–H and O–H groups in total. The predicted molar refractivity (Wildman–Crippen MR) is 319 cm³/mol. The number of nitrogens with zero attached hydrogens (tertiary/aromatic N) is 4. The van der Waals surface area contributed by atoms with E-state index in [9.17, 15) is 50.4 Å². The van der Waals surface area contributed by atoms with E-state index in [2.05, 4.69) is 0 Å². The van der Waals surface area contributed by atoms with Crippen molar-refractivity contribution in [2.75, 3.05) is 78.5 Å². The van der Waals surface area contributed by atoms with Crippen LogP contribution in [-0.4, -0.2) is 322 Å². The summed E-state index contributed by atoms with van der Waals surface area (Å²) >= 11 is 0. The SMILES string of the molecule is NCC1OC(OC2C(N)CC(N)C(OC3OC(CN4CCN(C(=O)c5ccccc5-c5ccccc5C(=O)N5CCN(CC6OC(OC7C(N)CC(N)C(OC8OC(CN)C(O)CC8N)C7O)C(O)C(N)C6O)CC5)CC4)C(O)C(N)C3O)C2O)C(N)CC1O. The van der Waals surface area contributed by atoms with Crippen molar-refractivity contribution in [3.05, 3.63) is 59.7 Å². The monoisotopic (exact) mass is 1280 g/mol. The van der Waals surface area contributed by atoms with Crippen LogP contribution in [-0.2, 0) is 37.9 Å². The van der Waals surface area contributed by atoms with Crippen molar-refractivity contribution < 1.29 is 88.3 Å². The van der Waals surface area contributed by atoms with Crippen LogP contribution >= 0.6 is 0 Å². The third-order valence-electron chi connectivity index (χ3n) is 19.3. The van der Waals surface area contributed by atoms with Gasteiger partial charge >= 0.3 is 0 Å². The van der Waals surface area contributed by atoms with Crippen LogP contribution in [0.1, 0.15) is 46.4 Å². The van der Waals surface area contributed by atoms with Gasteiger partial charge in [0.25, 0.3) is 11.8 Å². The summed E-state index contributed by atoms with van der Waals surface area (Å²) in [7, 11) is 0. The second-order valence-corrected chi connectivity index (χ2v) is 25.5. The van der Waals surface area contributed by atoms with Crippen LogP contribution in [0.4, 0.5) is 0 Å². The minimum absolute atomic E-state index is 0.00614. The Morgan fingerprint density at radius 1 is 0.400 bits per heavy atom. The number of nitrogens with two attached hydrogens (primary N) is 10. The lowest BCUT2D eigenvalue weighted by Gasteiger charge is -2.48. The zero-order valence-corrected chi connectivity index (χ0v) is 50.3. The summed E-state index contributed by atoms with van der Waals surface area (Å²) in [6, 6.07) is 7.05. The Balaban J connectivity index is 0.720. The van der Waals surface area contributed by atoms with E-state index in [1.165, 1.54) is 0 Å². The summed E-state index contributed by atoms with van der Waals surface area (Å²) in [5.74, 6) is -0.505. The highest BCUT2D eigenvalue weighted by Gasteiger charge is 2.53. The second-order valence-electron chi connectivity index (χ2n) is 25.5. The molecule has 0 bridgehead atoms. The van der Waals surface area contributed by atoms with Gasteiger partial charge in [0.15, 0.2) is 25.2 Å². The average molecular weight is 1280 g/mol. The molecule has 2 aromatic rings. The van der Waals surface area contributed by atoms with Crippen LogP contribution in [0, 0.1) is 0 Å². The molecule has 6 heterocycles. The van der Waals surface area contributed by atoms with Gasteiger partial charge in [-0.15, -0.1) is 0 Å². The first-order valence-electron chi connectivity index (χ1n) is 31.3. The normalized spacial score (nSPS) is 43.5. The van der Waals surface area contributed by atoms with E-state index < -0.39 is 171 Å².